The quantitative estimate of drug-likeness (QED) is 0.895. The predicted octanol–water partition coefficient (Wildman–Crippen LogP) is 2.07. The number of benzene rings is 1. The van der Waals surface area contributed by atoms with Gasteiger partial charge in [0.1, 0.15) is 12.4 Å². The number of para-hydroxylation sites is 1. The molecular weight excluding hydrogens is 244 g/mol. The summed E-state index contributed by atoms with van der Waals surface area (Å²) in [4.78, 5) is 0. The smallest absolute Gasteiger partial charge is 0.133 e. The summed E-state index contributed by atoms with van der Waals surface area (Å²) in [5.41, 5.74) is 5.62. The zero-order valence-corrected chi connectivity index (χ0v) is 9.20. The molecule has 0 spiro atoms. The van der Waals surface area contributed by atoms with Crippen LogP contribution in [0.2, 0.25) is 0 Å². The second-order valence-corrected chi connectivity index (χ2v) is 3.72. The van der Waals surface area contributed by atoms with Crippen LogP contribution in [0.4, 0.5) is 0 Å². The Kier molecular flexibility index (Phi) is 4.44. The van der Waals surface area contributed by atoms with Gasteiger partial charge < -0.3 is 10.5 Å². The topological polar surface area (TPSA) is 59.0 Å². The molecule has 1 unspecified atom stereocenters. The van der Waals surface area contributed by atoms with Gasteiger partial charge in [0, 0.05) is 0 Å². The van der Waals surface area contributed by atoms with Crippen LogP contribution in [-0.4, -0.2) is 12.6 Å². The molecule has 0 fully saturated rings. The summed E-state index contributed by atoms with van der Waals surface area (Å²) in [6, 6.07) is 9.31. The molecule has 0 saturated carbocycles. The Morgan fingerprint density at radius 1 is 1.50 bits per heavy atom. The molecule has 2 N–H and O–H groups in total. The lowest BCUT2D eigenvalue weighted by molar-refractivity contribution is 0.288. The van der Waals surface area contributed by atoms with Crippen LogP contribution in [0.5, 0.6) is 5.75 Å². The number of halogens is 1. The molecule has 1 rings (SSSR count). The molecular formula is C10H11BrN2O. The van der Waals surface area contributed by atoms with Crippen LogP contribution in [-0.2, 0) is 0 Å². The van der Waals surface area contributed by atoms with Crippen molar-refractivity contribution in [2.75, 3.05) is 6.61 Å². The van der Waals surface area contributed by atoms with E-state index in [1.54, 1.807) is 0 Å². The Hall–Kier alpha value is -1.05. The molecule has 0 aliphatic heterocycles. The summed E-state index contributed by atoms with van der Waals surface area (Å²) in [5.74, 6) is 0.751. The Morgan fingerprint density at radius 3 is 2.86 bits per heavy atom. The van der Waals surface area contributed by atoms with Gasteiger partial charge in [-0.2, -0.15) is 5.26 Å². The molecule has 74 valence electrons. The van der Waals surface area contributed by atoms with Crippen LogP contribution in [0.25, 0.3) is 0 Å². The van der Waals surface area contributed by atoms with Crippen molar-refractivity contribution in [3.63, 3.8) is 0 Å². The largest absolute Gasteiger partial charge is 0.491 e. The van der Waals surface area contributed by atoms with Crippen molar-refractivity contribution >= 4 is 15.9 Å². The van der Waals surface area contributed by atoms with E-state index < -0.39 is 0 Å². The molecule has 0 aliphatic carbocycles. The second-order valence-electron chi connectivity index (χ2n) is 2.86. The lowest BCUT2D eigenvalue weighted by Crippen LogP contribution is -2.27. The molecule has 14 heavy (non-hydrogen) atoms. The highest BCUT2D eigenvalue weighted by molar-refractivity contribution is 9.10. The van der Waals surface area contributed by atoms with Gasteiger partial charge in [-0.1, -0.05) is 12.1 Å². The predicted molar refractivity (Wildman–Crippen MR) is 57.8 cm³/mol. The Balaban J connectivity index is 2.46. The summed E-state index contributed by atoms with van der Waals surface area (Å²) in [5, 5.41) is 8.39. The van der Waals surface area contributed by atoms with Crippen LogP contribution in [0.1, 0.15) is 6.42 Å². The Labute approximate surface area is 91.6 Å². The summed E-state index contributed by atoms with van der Waals surface area (Å²) in [6.07, 6.45) is 0.310. The van der Waals surface area contributed by atoms with Crippen molar-refractivity contribution in [2.24, 2.45) is 5.73 Å². The van der Waals surface area contributed by atoms with Gasteiger partial charge in [-0.25, -0.2) is 0 Å². The van der Waals surface area contributed by atoms with E-state index in [9.17, 15) is 0 Å². The van der Waals surface area contributed by atoms with Crippen LogP contribution in [0.3, 0.4) is 0 Å². The molecule has 4 heteroatoms. The number of hydrogen-bond acceptors (Lipinski definition) is 3. The van der Waals surface area contributed by atoms with Crippen LogP contribution >= 0.6 is 15.9 Å². The van der Waals surface area contributed by atoms with Crippen LogP contribution in [0.15, 0.2) is 28.7 Å². The van der Waals surface area contributed by atoms with Crippen molar-refractivity contribution in [1.82, 2.24) is 0 Å². The highest BCUT2D eigenvalue weighted by atomic mass is 79.9. The summed E-state index contributed by atoms with van der Waals surface area (Å²) in [6.45, 7) is 0.357. The monoisotopic (exact) mass is 254 g/mol. The number of nitriles is 1. The standard InChI is InChI=1S/C10H11BrN2O/c11-9-3-1-2-4-10(9)14-7-8(13)5-6-12/h1-4,8H,5,7,13H2. The first kappa shape index (κ1) is 11.0. The van der Waals surface area contributed by atoms with Crippen molar-refractivity contribution in [2.45, 2.75) is 12.5 Å². The SMILES string of the molecule is N#CCC(N)COc1ccccc1Br. The van der Waals surface area contributed by atoms with Gasteiger partial charge in [0.2, 0.25) is 0 Å². The van der Waals surface area contributed by atoms with Crippen molar-refractivity contribution < 1.29 is 4.74 Å². The Bertz CT molecular complexity index is 335. The third-order valence-corrected chi connectivity index (χ3v) is 2.30. The van der Waals surface area contributed by atoms with E-state index in [0.717, 1.165) is 10.2 Å². The van der Waals surface area contributed by atoms with E-state index in [4.69, 9.17) is 15.7 Å². The van der Waals surface area contributed by atoms with Gasteiger partial charge >= 0.3 is 0 Å². The highest BCUT2D eigenvalue weighted by Crippen LogP contribution is 2.23. The first-order valence-electron chi connectivity index (χ1n) is 4.24. The molecule has 1 aromatic carbocycles. The zero-order valence-electron chi connectivity index (χ0n) is 7.61. The fourth-order valence-corrected chi connectivity index (χ4v) is 1.33. The minimum atomic E-state index is -0.230. The Morgan fingerprint density at radius 2 is 2.21 bits per heavy atom. The van der Waals surface area contributed by atoms with Crippen molar-refractivity contribution in [3.8, 4) is 11.8 Å². The maximum absolute atomic E-state index is 8.39. The number of hydrogen-bond donors (Lipinski definition) is 1. The summed E-state index contributed by atoms with van der Waals surface area (Å²) < 4.78 is 6.32. The van der Waals surface area contributed by atoms with E-state index in [2.05, 4.69) is 15.9 Å². The molecule has 0 aliphatic rings. The molecule has 0 saturated heterocycles. The molecule has 1 aromatic rings. The van der Waals surface area contributed by atoms with E-state index in [0.29, 0.717) is 13.0 Å². The molecule has 0 amide bonds. The lowest BCUT2D eigenvalue weighted by atomic mass is 10.2. The van der Waals surface area contributed by atoms with Gasteiger partial charge in [0.25, 0.3) is 0 Å². The van der Waals surface area contributed by atoms with Gasteiger partial charge in [-0.15, -0.1) is 0 Å². The third-order valence-electron chi connectivity index (χ3n) is 1.64. The van der Waals surface area contributed by atoms with Gasteiger partial charge in [0.05, 0.1) is 23.0 Å². The van der Waals surface area contributed by atoms with Crippen molar-refractivity contribution in [3.05, 3.63) is 28.7 Å². The number of ether oxygens (including phenoxy) is 1. The van der Waals surface area contributed by atoms with Crippen molar-refractivity contribution in [1.29, 1.82) is 5.26 Å². The number of rotatable bonds is 4. The van der Waals surface area contributed by atoms with Gasteiger partial charge in [-0.3, -0.25) is 0 Å². The minimum Gasteiger partial charge on any atom is -0.491 e. The van der Waals surface area contributed by atoms with E-state index in [-0.39, 0.29) is 6.04 Å². The summed E-state index contributed by atoms with van der Waals surface area (Å²) >= 11 is 3.35. The molecule has 0 bridgehead atoms. The van der Waals surface area contributed by atoms with Crippen LogP contribution < -0.4 is 10.5 Å². The number of nitrogens with two attached hydrogens (primary N) is 1. The van der Waals surface area contributed by atoms with E-state index in [1.165, 1.54) is 0 Å². The minimum absolute atomic E-state index is 0.230. The van der Waals surface area contributed by atoms with Gasteiger partial charge in [0.15, 0.2) is 0 Å². The molecule has 0 radical (unpaired) electrons. The lowest BCUT2D eigenvalue weighted by Gasteiger charge is -2.10. The average molecular weight is 255 g/mol. The average Bonchev–Trinajstić information content (AvgIpc) is 2.17. The fraction of sp³-hybridized carbons (Fsp3) is 0.300. The molecule has 3 nitrogen and oxygen atoms in total. The molecule has 0 aromatic heterocycles. The van der Waals surface area contributed by atoms with Crippen LogP contribution in [0, 0.1) is 11.3 Å². The van der Waals surface area contributed by atoms with Gasteiger partial charge in [-0.05, 0) is 28.1 Å². The highest BCUT2D eigenvalue weighted by Gasteiger charge is 2.04. The first-order chi connectivity index (χ1) is 6.74. The van der Waals surface area contributed by atoms with E-state index in [1.807, 2.05) is 30.3 Å². The zero-order chi connectivity index (χ0) is 10.4. The maximum atomic E-state index is 8.39. The fourth-order valence-electron chi connectivity index (χ4n) is 0.935. The maximum Gasteiger partial charge on any atom is 0.133 e. The first-order valence-corrected chi connectivity index (χ1v) is 5.03. The summed E-state index contributed by atoms with van der Waals surface area (Å²) in [7, 11) is 0. The third kappa shape index (κ3) is 3.36. The molecule has 0 heterocycles. The normalized spacial score (nSPS) is 11.8. The second kappa shape index (κ2) is 5.63. The number of nitrogens with zero attached hydrogens (tertiary/aromatic N) is 1. The molecule has 1 atom stereocenters. The van der Waals surface area contributed by atoms with E-state index >= 15 is 0 Å².